The van der Waals surface area contributed by atoms with E-state index in [-0.39, 0.29) is 5.60 Å². The fourth-order valence-corrected chi connectivity index (χ4v) is 3.34. The molecule has 1 saturated heterocycles. The molecule has 1 aromatic rings. The van der Waals surface area contributed by atoms with E-state index in [0.29, 0.717) is 6.61 Å². The molecule has 1 aromatic carbocycles. The number of rotatable bonds is 4. The molecule has 0 bridgehead atoms. The summed E-state index contributed by atoms with van der Waals surface area (Å²) < 4.78 is 11.9. The fraction of sp³-hybridized carbons (Fsp3) is 0.625. The van der Waals surface area contributed by atoms with Gasteiger partial charge in [0.1, 0.15) is 17.1 Å². The molecule has 20 heavy (non-hydrogen) atoms. The second kappa shape index (κ2) is 5.62. The van der Waals surface area contributed by atoms with Crippen LogP contribution in [0.4, 0.5) is 0 Å². The van der Waals surface area contributed by atoms with Crippen molar-refractivity contribution < 1.29 is 9.47 Å². The van der Waals surface area contributed by atoms with Crippen molar-refractivity contribution in [2.75, 3.05) is 32.8 Å². The molecule has 0 radical (unpaired) electrons. The van der Waals surface area contributed by atoms with Crippen LogP contribution >= 0.6 is 0 Å². The smallest absolute Gasteiger partial charge is 0.123 e. The van der Waals surface area contributed by atoms with E-state index >= 15 is 0 Å². The van der Waals surface area contributed by atoms with Crippen LogP contribution < -0.4 is 15.2 Å². The number of nitrogens with zero attached hydrogens (tertiary/aromatic N) is 1. The molecular formula is C16H24N2O2. The van der Waals surface area contributed by atoms with Gasteiger partial charge in [0, 0.05) is 32.6 Å². The Kier molecular flexibility index (Phi) is 3.85. The zero-order valence-corrected chi connectivity index (χ0v) is 12.2. The summed E-state index contributed by atoms with van der Waals surface area (Å²) in [6.07, 6.45) is 3.28. The molecule has 3 rings (SSSR count). The molecule has 2 aliphatic heterocycles. The third kappa shape index (κ3) is 2.63. The number of aryl methyl sites for hydroxylation is 1. The first-order valence-electron chi connectivity index (χ1n) is 7.62. The van der Waals surface area contributed by atoms with E-state index in [4.69, 9.17) is 15.2 Å². The number of hydrogen-bond acceptors (Lipinski definition) is 4. The highest BCUT2D eigenvalue weighted by Gasteiger charge is 2.42. The highest BCUT2D eigenvalue weighted by molar-refractivity contribution is 5.42. The van der Waals surface area contributed by atoms with Crippen molar-refractivity contribution >= 4 is 0 Å². The number of likely N-dealkylation sites (tertiary alicyclic amines) is 1. The maximum absolute atomic E-state index is 6.35. The third-order valence-electron chi connectivity index (χ3n) is 4.36. The molecule has 4 nitrogen and oxygen atoms in total. The second-order valence-electron chi connectivity index (χ2n) is 5.80. The van der Waals surface area contributed by atoms with E-state index in [1.165, 1.54) is 5.56 Å². The van der Waals surface area contributed by atoms with E-state index in [9.17, 15) is 0 Å². The number of nitrogens with two attached hydrogens (primary N) is 1. The maximum Gasteiger partial charge on any atom is 0.123 e. The monoisotopic (exact) mass is 276 g/mol. The summed E-state index contributed by atoms with van der Waals surface area (Å²) in [5.41, 5.74) is 6.94. The van der Waals surface area contributed by atoms with Gasteiger partial charge in [0.2, 0.25) is 0 Å². The number of hydrogen-bond donors (Lipinski definition) is 1. The lowest BCUT2D eigenvalue weighted by atomic mass is 9.90. The van der Waals surface area contributed by atoms with Crippen molar-refractivity contribution in [2.24, 2.45) is 5.73 Å². The van der Waals surface area contributed by atoms with Crippen LogP contribution in [-0.2, 0) is 6.42 Å². The summed E-state index contributed by atoms with van der Waals surface area (Å²) in [4.78, 5) is 2.42. The van der Waals surface area contributed by atoms with Crippen molar-refractivity contribution in [2.45, 2.75) is 31.8 Å². The Hall–Kier alpha value is -1.26. The molecule has 0 amide bonds. The molecule has 0 saturated carbocycles. The Bertz CT molecular complexity index is 478. The molecule has 1 spiro atoms. The van der Waals surface area contributed by atoms with Crippen molar-refractivity contribution in [1.82, 2.24) is 4.90 Å². The van der Waals surface area contributed by atoms with Gasteiger partial charge in [0.15, 0.2) is 0 Å². The second-order valence-corrected chi connectivity index (χ2v) is 5.80. The first-order chi connectivity index (χ1) is 9.74. The van der Waals surface area contributed by atoms with Crippen LogP contribution in [-0.4, -0.2) is 43.3 Å². The van der Waals surface area contributed by atoms with Crippen LogP contribution in [0.1, 0.15) is 25.3 Å². The molecule has 4 heteroatoms. The third-order valence-corrected chi connectivity index (χ3v) is 4.36. The Morgan fingerprint density at radius 2 is 2.30 bits per heavy atom. The quantitative estimate of drug-likeness (QED) is 0.911. The predicted octanol–water partition coefficient (Wildman–Crippen LogP) is 1.81. The van der Waals surface area contributed by atoms with Crippen LogP contribution in [0.3, 0.4) is 0 Å². The summed E-state index contributed by atoms with van der Waals surface area (Å²) in [5, 5.41) is 0. The summed E-state index contributed by atoms with van der Waals surface area (Å²) in [5.74, 6) is 1.98. The van der Waals surface area contributed by atoms with Crippen LogP contribution in [0, 0.1) is 0 Å². The Morgan fingerprint density at radius 3 is 3.10 bits per heavy atom. The van der Waals surface area contributed by atoms with E-state index in [2.05, 4.69) is 17.0 Å². The molecule has 1 unspecified atom stereocenters. The van der Waals surface area contributed by atoms with Crippen LogP contribution in [0.5, 0.6) is 11.5 Å². The Labute approximate surface area is 120 Å². The van der Waals surface area contributed by atoms with Crippen LogP contribution in [0.2, 0.25) is 0 Å². The van der Waals surface area contributed by atoms with Gasteiger partial charge in [-0.3, -0.25) is 4.90 Å². The number of ether oxygens (including phenoxy) is 2. The number of fused-ring (bicyclic) bond motifs is 1. The molecule has 0 aliphatic carbocycles. The van der Waals surface area contributed by atoms with E-state index < -0.39 is 0 Å². The highest BCUT2D eigenvalue weighted by Crippen LogP contribution is 2.39. The zero-order chi connectivity index (χ0) is 14.0. The van der Waals surface area contributed by atoms with Gasteiger partial charge in [-0.15, -0.1) is 0 Å². The van der Waals surface area contributed by atoms with Gasteiger partial charge in [-0.25, -0.2) is 0 Å². The van der Waals surface area contributed by atoms with Crippen LogP contribution in [0.15, 0.2) is 18.2 Å². The first-order valence-corrected chi connectivity index (χ1v) is 7.62. The lowest BCUT2D eigenvalue weighted by Crippen LogP contribution is -2.42. The minimum Gasteiger partial charge on any atom is -0.494 e. The average Bonchev–Trinajstić information content (AvgIpc) is 2.83. The maximum atomic E-state index is 6.35. The van der Waals surface area contributed by atoms with Gasteiger partial charge < -0.3 is 15.2 Å². The van der Waals surface area contributed by atoms with Gasteiger partial charge in [-0.05, 0) is 43.5 Å². The molecule has 1 fully saturated rings. The summed E-state index contributed by atoms with van der Waals surface area (Å²) in [6, 6.07) is 6.19. The van der Waals surface area contributed by atoms with Crippen molar-refractivity contribution in [3.8, 4) is 11.5 Å². The van der Waals surface area contributed by atoms with Gasteiger partial charge in [0.05, 0.1) is 6.61 Å². The molecule has 2 N–H and O–H groups in total. The molecule has 2 heterocycles. The highest BCUT2D eigenvalue weighted by atomic mass is 16.5. The minimum atomic E-state index is 0.00923. The van der Waals surface area contributed by atoms with Gasteiger partial charge in [0.25, 0.3) is 0 Å². The lowest BCUT2D eigenvalue weighted by Gasteiger charge is -2.36. The SMILES string of the molecule is CCOc1ccc2c(c1)CCC1(CCN(CCN)C1)O2. The van der Waals surface area contributed by atoms with Crippen molar-refractivity contribution in [3.63, 3.8) is 0 Å². The lowest BCUT2D eigenvalue weighted by molar-refractivity contribution is 0.0547. The zero-order valence-electron chi connectivity index (χ0n) is 12.2. The Balaban J connectivity index is 1.73. The molecule has 1 atom stereocenters. The minimum absolute atomic E-state index is 0.00923. The fourth-order valence-electron chi connectivity index (χ4n) is 3.34. The van der Waals surface area contributed by atoms with Gasteiger partial charge in [-0.2, -0.15) is 0 Å². The number of benzene rings is 1. The average molecular weight is 276 g/mol. The Morgan fingerprint density at radius 1 is 1.40 bits per heavy atom. The van der Waals surface area contributed by atoms with E-state index in [1.807, 2.05) is 13.0 Å². The van der Waals surface area contributed by atoms with Crippen molar-refractivity contribution in [1.29, 1.82) is 0 Å². The molecule has 110 valence electrons. The summed E-state index contributed by atoms with van der Waals surface area (Å²) in [6.45, 7) is 6.53. The summed E-state index contributed by atoms with van der Waals surface area (Å²) >= 11 is 0. The first kappa shape index (κ1) is 13.7. The van der Waals surface area contributed by atoms with Gasteiger partial charge >= 0.3 is 0 Å². The molecular weight excluding hydrogens is 252 g/mol. The van der Waals surface area contributed by atoms with Crippen LogP contribution in [0.25, 0.3) is 0 Å². The predicted molar refractivity (Wildman–Crippen MR) is 79.4 cm³/mol. The normalized spacial score (nSPS) is 25.5. The van der Waals surface area contributed by atoms with E-state index in [0.717, 1.165) is 56.9 Å². The summed E-state index contributed by atoms with van der Waals surface area (Å²) in [7, 11) is 0. The largest absolute Gasteiger partial charge is 0.494 e. The molecule has 0 aromatic heterocycles. The van der Waals surface area contributed by atoms with Crippen molar-refractivity contribution in [3.05, 3.63) is 23.8 Å². The topological polar surface area (TPSA) is 47.7 Å². The van der Waals surface area contributed by atoms with Gasteiger partial charge in [-0.1, -0.05) is 0 Å². The van der Waals surface area contributed by atoms with E-state index in [1.54, 1.807) is 0 Å². The molecule has 2 aliphatic rings. The standard InChI is InChI=1S/C16H24N2O2/c1-2-19-14-3-4-15-13(11-14)5-6-16(20-15)7-9-18(12-16)10-8-17/h3-4,11H,2,5-10,12,17H2,1H3.